The Labute approximate surface area is 185 Å². The Morgan fingerprint density at radius 3 is 2.61 bits per heavy atom. The van der Waals surface area contributed by atoms with Gasteiger partial charge in [-0.05, 0) is 63.0 Å². The molecule has 3 unspecified atom stereocenters. The average molecular weight is 431 g/mol. The lowest BCUT2D eigenvalue weighted by Gasteiger charge is -2.42. The van der Waals surface area contributed by atoms with Crippen LogP contribution in [0.25, 0.3) is 0 Å². The van der Waals surface area contributed by atoms with Crippen molar-refractivity contribution in [2.45, 2.75) is 90.3 Å². The number of amides is 2. The number of carbonyl (C=O) groups excluding carboxylic acids is 2. The van der Waals surface area contributed by atoms with Crippen LogP contribution in [0.15, 0.2) is 18.3 Å². The topological polar surface area (TPSA) is 106 Å². The molecule has 2 aliphatic carbocycles. The number of nitrogens with zero attached hydrogens (tertiary/aromatic N) is 1. The second kappa shape index (κ2) is 10.3. The summed E-state index contributed by atoms with van der Waals surface area (Å²) < 4.78 is 5.44. The lowest BCUT2D eigenvalue weighted by Crippen LogP contribution is -2.50. The maximum absolute atomic E-state index is 13.1. The Morgan fingerprint density at radius 1 is 1.16 bits per heavy atom. The van der Waals surface area contributed by atoms with Crippen molar-refractivity contribution in [2.75, 3.05) is 5.73 Å². The smallest absolute Gasteiger partial charge is 0.408 e. The molecule has 2 amide bonds. The molecule has 1 aromatic rings. The number of anilines is 1. The molecule has 1 heterocycles. The Kier molecular flexibility index (Phi) is 7.79. The van der Waals surface area contributed by atoms with Gasteiger partial charge in [-0.2, -0.15) is 0 Å². The van der Waals surface area contributed by atoms with Crippen LogP contribution in [0.1, 0.15) is 77.7 Å². The van der Waals surface area contributed by atoms with Crippen LogP contribution in [0.2, 0.25) is 0 Å². The maximum atomic E-state index is 13.1. The first-order valence-electron chi connectivity index (χ1n) is 11.7. The van der Waals surface area contributed by atoms with Gasteiger partial charge in [-0.25, -0.2) is 9.78 Å². The van der Waals surface area contributed by atoms with E-state index in [1.165, 1.54) is 38.5 Å². The van der Waals surface area contributed by atoms with Crippen LogP contribution in [0.3, 0.4) is 0 Å². The van der Waals surface area contributed by atoms with Crippen LogP contribution in [-0.4, -0.2) is 28.6 Å². The van der Waals surface area contributed by atoms with E-state index in [9.17, 15) is 9.59 Å². The van der Waals surface area contributed by atoms with Crippen molar-refractivity contribution < 1.29 is 14.3 Å². The molecule has 0 radical (unpaired) electrons. The molecule has 7 heteroatoms. The zero-order valence-electron chi connectivity index (χ0n) is 19.2. The van der Waals surface area contributed by atoms with E-state index in [4.69, 9.17) is 10.5 Å². The van der Waals surface area contributed by atoms with E-state index in [1.807, 2.05) is 26.8 Å². The van der Waals surface area contributed by atoms with Crippen molar-refractivity contribution in [2.24, 2.45) is 17.8 Å². The fourth-order valence-corrected chi connectivity index (χ4v) is 5.20. The predicted molar refractivity (Wildman–Crippen MR) is 121 cm³/mol. The summed E-state index contributed by atoms with van der Waals surface area (Å²) in [6.07, 6.45) is 10.6. The molecule has 0 aliphatic heterocycles. The van der Waals surface area contributed by atoms with Gasteiger partial charge >= 0.3 is 6.09 Å². The molecule has 31 heavy (non-hydrogen) atoms. The van der Waals surface area contributed by atoms with Gasteiger partial charge in [0.15, 0.2) is 0 Å². The van der Waals surface area contributed by atoms with Gasteiger partial charge in [-0.1, -0.05) is 44.6 Å². The normalized spacial score (nSPS) is 24.5. The minimum atomic E-state index is -0.611. The lowest BCUT2D eigenvalue weighted by atomic mass is 9.64. The fourth-order valence-electron chi connectivity index (χ4n) is 5.20. The van der Waals surface area contributed by atoms with E-state index < -0.39 is 17.7 Å². The van der Waals surface area contributed by atoms with Crippen LogP contribution in [0.5, 0.6) is 0 Å². The van der Waals surface area contributed by atoms with Gasteiger partial charge in [0.1, 0.15) is 17.5 Å². The number of aromatic nitrogens is 1. The highest BCUT2D eigenvalue weighted by Crippen LogP contribution is 2.45. The summed E-state index contributed by atoms with van der Waals surface area (Å²) in [5.41, 5.74) is 5.89. The SMILES string of the molecule is CC(C)(C)OC(=O)N[C@@H](CC1CCCC2CCCCC21)C(=O)NCc1ccc(N)nc1. The zero-order valence-corrected chi connectivity index (χ0v) is 19.2. The zero-order chi connectivity index (χ0) is 22.4. The first kappa shape index (κ1) is 23.4. The summed E-state index contributed by atoms with van der Waals surface area (Å²) in [4.78, 5) is 29.6. The maximum Gasteiger partial charge on any atom is 0.408 e. The van der Waals surface area contributed by atoms with Gasteiger partial charge in [0.2, 0.25) is 5.91 Å². The lowest BCUT2D eigenvalue weighted by molar-refractivity contribution is -0.124. The molecule has 0 bridgehead atoms. The highest BCUT2D eigenvalue weighted by atomic mass is 16.6. The van der Waals surface area contributed by atoms with E-state index in [2.05, 4.69) is 15.6 Å². The third-order valence-electron chi connectivity index (χ3n) is 6.58. The quantitative estimate of drug-likeness (QED) is 0.628. The Balaban J connectivity index is 1.66. The van der Waals surface area contributed by atoms with E-state index in [1.54, 1.807) is 12.3 Å². The van der Waals surface area contributed by atoms with Crippen LogP contribution < -0.4 is 16.4 Å². The Hall–Kier alpha value is -2.31. The number of alkyl carbamates (subject to hydrolysis) is 1. The third-order valence-corrected chi connectivity index (χ3v) is 6.58. The Bertz CT molecular complexity index is 742. The minimum absolute atomic E-state index is 0.180. The van der Waals surface area contributed by atoms with Gasteiger partial charge in [0.25, 0.3) is 0 Å². The fraction of sp³-hybridized carbons (Fsp3) is 0.708. The number of hydrogen-bond acceptors (Lipinski definition) is 5. The van der Waals surface area contributed by atoms with Crippen molar-refractivity contribution in [1.82, 2.24) is 15.6 Å². The van der Waals surface area contributed by atoms with Crippen LogP contribution in [0.4, 0.5) is 10.6 Å². The standard InChI is InChI=1S/C24H38N4O3/c1-24(2,3)31-23(30)28-20(22(29)27-15-16-11-12-21(25)26-14-16)13-18-9-6-8-17-7-4-5-10-19(17)18/h11-12,14,17-20H,4-10,13,15H2,1-3H3,(H2,25,26)(H,27,29)(H,28,30)/t17?,18?,19?,20-/m0/s1. The van der Waals surface area contributed by atoms with Crippen molar-refractivity contribution in [3.8, 4) is 0 Å². The van der Waals surface area contributed by atoms with Crippen LogP contribution >= 0.6 is 0 Å². The van der Waals surface area contributed by atoms with E-state index in [0.29, 0.717) is 30.6 Å². The molecule has 1 aromatic heterocycles. The average Bonchev–Trinajstić information content (AvgIpc) is 2.71. The van der Waals surface area contributed by atoms with Crippen molar-refractivity contribution in [1.29, 1.82) is 0 Å². The molecule has 0 spiro atoms. The molecule has 4 N–H and O–H groups in total. The van der Waals surface area contributed by atoms with Crippen molar-refractivity contribution in [3.63, 3.8) is 0 Å². The molecule has 0 aromatic carbocycles. The molecule has 172 valence electrons. The summed E-state index contributed by atoms with van der Waals surface area (Å²) in [7, 11) is 0. The molecular formula is C24H38N4O3. The second-order valence-electron chi connectivity index (χ2n) is 10.1. The highest BCUT2D eigenvalue weighted by Gasteiger charge is 2.37. The van der Waals surface area contributed by atoms with Gasteiger partial charge in [0.05, 0.1) is 0 Å². The first-order valence-corrected chi connectivity index (χ1v) is 11.7. The number of nitrogens with one attached hydrogen (secondary N) is 2. The first-order chi connectivity index (χ1) is 14.7. The van der Waals surface area contributed by atoms with Gasteiger partial charge in [-0.3, -0.25) is 4.79 Å². The molecule has 2 fully saturated rings. The number of nitrogens with two attached hydrogens (primary N) is 1. The van der Waals surface area contributed by atoms with E-state index >= 15 is 0 Å². The number of rotatable bonds is 6. The highest BCUT2D eigenvalue weighted by molar-refractivity contribution is 5.85. The number of fused-ring (bicyclic) bond motifs is 1. The minimum Gasteiger partial charge on any atom is -0.444 e. The molecule has 2 aliphatic rings. The molecule has 0 saturated heterocycles. The summed E-state index contributed by atoms with van der Waals surface area (Å²) >= 11 is 0. The summed E-state index contributed by atoms with van der Waals surface area (Å²) in [5, 5.41) is 5.81. The monoisotopic (exact) mass is 430 g/mol. The molecule has 2 saturated carbocycles. The summed E-state index contributed by atoms with van der Waals surface area (Å²) in [6, 6.07) is 2.94. The Morgan fingerprint density at radius 2 is 1.90 bits per heavy atom. The van der Waals surface area contributed by atoms with E-state index in [0.717, 1.165) is 17.9 Å². The molecular weight excluding hydrogens is 392 g/mol. The van der Waals surface area contributed by atoms with Gasteiger partial charge in [0, 0.05) is 12.7 Å². The van der Waals surface area contributed by atoms with Crippen LogP contribution in [0, 0.1) is 17.8 Å². The van der Waals surface area contributed by atoms with Crippen LogP contribution in [-0.2, 0) is 16.1 Å². The number of nitrogen functional groups attached to an aromatic ring is 1. The number of ether oxygens (including phenoxy) is 1. The molecule has 3 rings (SSSR count). The summed E-state index contributed by atoms with van der Waals surface area (Å²) in [6.45, 7) is 5.81. The van der Waals surface area contributed by atoms with E-state index in [-0.39, 0.29) is 5.91 Å². The predicted octanol–water partition coefficient (Wildman–Crippen LogP) is 4.17. The van der Waals surface area contributed by atoms with Crippen molar-refractivity contribution >= 4 is 17.8 Å². The molecule has 7 nitrogen and oxygen atoms in total. The van der Waals surface area contributed by atoms with Gasteiger partial charge in [-0.15, -0.1) is 0 Å². The van der Waals surface area contributed by atoms with Crippen molar-refractivity contribution in [3.05, 3.63) is 23.9 Å². The largest absolute Gasteiger partial charge is 0.444 e. The molecule has 4 atom stereocenters. The summed E-state index contributed by atoms with van der Waals surface area (Å²) in [5.74, 6) is 2.17. The number of carbonyl (C=O) groups is 2. The number of pyridine rings is 1. The van der Waals surface area contributed by atoms with Gasteiger partial charge < -0.3 is 21.1 Å². The number of hydrogen-bond donors (Lipinski definition) is 3. The second-order valence-corrected chi connectivity index (χ2v) is 10.1. The third kappa shape index (κ3) is 7.11.